The highest BCUT2D eigenvalue weighted by Gasteiger charge is 2.37. The van der Waals surface area contributed by atoms with Crippen LogP contribution in [0.4, 0.5) is 19.0 Å². The van der Waals surface area contributed by atoms with E-state index in [2.05, 4.69) is 15.3 Å². The van der Waals surface area contributed by atoms with Gasteiger partial charge in [-0.1, -0.05) is 0 Å². The van der Waals surface area contributed by atoms with Crippen LogP contribution in [-0.4, -0.2) is 44.1 Å². The van der Waals surface area contributed by atoms with Crippen molar-refractivity contribution >= 4 is 11.5 Å². The minimum Gasteiger partial charge on any atom is -0.391 e. The fraction of sp³-hybridized carbons (Fsp3) is 0.545. The molecule has 0 radical (unpaired) electrons. The van der Waals surface area contributed by atoms with E-state index < -0.39 is 18.1 Å². The Morgan fingerprint density at radius 3 is 2.75 bits per heavy atom. The first kappa shape index (κ1) is 13.1. The maximum atomic E-state index is 12.8. The van der Waals surface area contributed by atoms with E-state index in [-0.39, 0.29) is 5.65 Å². The van der Waals surface area contributed by atoms with Gasteiger partial charge in [-0.25, -0.2) is 0 Å². The van der Waals surface area contributed by atoms with Gasteiger partial charge >= 0.3 is 6.18 Å². The third kappa shape index (κ3) is 2.28. The second-order valence-electron chi connectivity index (χ2n) is 4.72. The van der Waals surface area contributed by atoms with Gasteiger partial charge in [0.25, 0.3) is 5.82 Å². The molecule has 1 aliphatic heterocycles. The summed E-state index contributed by atoms with van der Waals surface area (Å²) in [6, 6.07) is 3.02. The topological polar surface area (TPSA) is 66.5 Å². The van der Waals surface area contributed by atoms with E-state index in [1.165, 1.54) is 6.07 Å². The molecule has 0 saturated carbocycles. The summed E-state index contributed by atoms with van der Waals surface area (Å²) in [5, 5.41) is 20.1. The van der Waals surface area contributed by atoms with Crippen LogP contribution < -0.4 is 4.90 Å². The Kier molecular flexibility index (Phi) is 3.00. The SMILES string of the molecule is OC1CCCN(c2ccc3nnc(C(F)(F)F)n3n2)C1. The number of aromatic nitrogens is 4. The van der Waals surface area contributed by atoms with E-state index in [1.54, 1.807) is 11.0 Å². The maximum Gasteiger partial charge on any atom is 0.453 e. The van der Waals surface area contributed by atoms with E-state index in [1.807, 2.05) is 0 Å². The molecule has 9 heteroatoms. The van der Waals surface area contributed by atoms with E-state index in [0.29, 0.717) is 29.8 Å². The molecule has 108 valence electrons. The highest BCUT2D eigenvalue weighted by Crippen LogP contribution is 2.28. The molecule has 0 aliphatic carbocycles. The minimum absolute atomic E-state index is 0.0404. The first-order valence-electron chi connectivity index (χ1n) is 6.18. The van der Waals surface area contributed by atoms with Crippen molar-refractivity contribution in [3.05, 3.63) is 18.0 Å². The summed E-state index contributed by atoms with van der Waals surface area (Å²) >= 11 is 0. The van der Waals surface area contributed by atoms with Crippen molar-refractivity contribution in [1.29, 1.82) is 0 Å². The standard InChI is InChI=1S/C11H12F3N5O/c12-11(13,14)10-16-15-8-3-4-9(17-19(8)10)18-5-1-2-7(20)6-18/h3-4,7,20H,1-2,5-6H2. The number of piperidine rings is 1. The summed E-state index contributed by atoms with van der Waals surface area (Å²) in [7, 11) is 0. The molecule has 1 fully saturated rings. The van der Waals surface area contributed by atoms with Gasteiger partial charge in [-0.05, 0) is 25.0 Å². The van der Waals surface area contributed by atoms with E-state index in [0.717, 1.165) is 6.42 Å². The molecule has 0 amide bonds. The minimum atomic E-state index is -4.60. The lowest BCUT2D eigenvalue weighted by Crippen LogP contribution is -2.39. The molecule has 2 aromatic rings. The third-order valence-electron chi connectivity index (χ3n) is 3.22. The van der Waals surface area contributed by atoms with Crippen molar-refractivity contribution in [3.63, 3.8) is 0 Å². The highest BCUT2D eigenvalue weighted by atomic mass is 19.4. The number of anilines is 1. The average Bonchev–Trinajstić information content (AvgIpc) is 2.81. The highest BCUT2D eigenvalue weighted by molar-refractivity contribution is 5.46. The van der Waals surface area contributed by atoms with E-state index in [4.69, 9.17) is 0 Å². The van der Waals surface area contributed by atoms with Crippen LogP contribution in [0.1, 0.15) is 18.7 Å². The summed E-state index contributed by atoms with van der Waals surface area (Å²) in [5.41, 5.74) is 0.0404. The predicted molar refractivity (Wildman–Crippen MR) is 63.2 cm³/mol. The largest absolute Gasteiger partial charge is 0.453 e. The normalized spacial score (nSPS) is 20.6. The van der Waals surface area contributed by atoms with Crippen molar-refractivity contribution < 1.29 is 18.3 Å². The number of hydrogen-bond acceptors (Lipinski definition) is 5. The second kappa shape index (κ2) is 4.58. The van der Waals surface area contributed by atoms with Gasteiger partial charge in [0.15, 0.2) is 5.65 Å². The molecule has 20 heavy (non-hydrogen) atoms. The summed E-state index contributed by atoms with van der Waals surface area (Å²) < 4.78 is 39.0. The fourth-order valence-electron chi connectivity index (χ4n) is 2.29. The predicted octanol–water partition coefficient (Wildman–Crippen LogP) is 1.10. The van der Waals surface area contributed by atoms with Gasteiger partial charge < -0.3 is 10.0 Å². The second-order valence-corrected chi connectivity index (χ2v) is 4.72. The Labute approximate surface area is 111 Å². The molecular weight excluding hydrogens is 275 g/mol. The summed E-state index contributed by atoms with van der Waals surface area (Å²) in [4.78, 5) is 1.76. The molecule has 3 heterocycles. The molecular formula is C11H12F3N5O. The van der Waals surface area contributed by atoms with Crippen LogP contribution in [0.25, 0.3) is 5.65 Å². The number of halogens is 3. The van der Waals surface area contributed by atoms with Crippen LogP contribution in [0.5, 0.6) is 0 Å². The number of fused-ring (bicyclic) bond motifs is 1. The zero-order valence-corrected chi connectivity index (χ0v) is 10.4. The first-order valence-corrected chi connectivity index (χ1v) is 6.18. The summed E-state index contributed by atoms with van der Waals surface area (Å²) in [6.07, 6.45) is -3.62. The molecule has 0 bridgehead atoms. The smallest absolute Gasteiger partial charge is 0.391 e. The van der Waals surface area contributed by atoms with Crippen LogP contribution >= 0.6 is 0 Å². The number of aliphatic hydroxyl groups excluding tert-OH is 1. The van der Waals surface area contributed by atoms with E-state index >= 15 is 0 Å². The monoisotopic (exact) mass is 287 g/mol. The van der Waals surface area contributed by atoms with Gasteiger partial charge in [-0.15, -0.1) is 15.3 Å². The van der Waals surface area contributed by atoms with Crippen LogP contribution in [0.2, 0.25) is 0 Å². The van der Waals surface area contributed by atoms with Crippen LogP contribution in [-0.2, 0) is 6.18 Å². The molecule has 0 aromatic carbocycles. The zero-order valence-electron chi connectivity index (χ0n) is 10.4. The van der Waals surface area contributed by atoms with Gasteiger partial charge in [-0.3, -0.25) is 0 Å². The lowest BCUT2D eigenvalue weighted by atomic mass is 10.1. The van der Waals surface area contributed by atoms with Gasteiger partial charge in [0, 0.05) is 13.1 Å². The van der Waals surface area contributed by atoms with Crippen molar-refractivity contribution in [2.45, 2.75) is 25.1 Å². The first-order chi connectivity index (χ1) is 9.45. The maximum absolute atomic E-state index is 12.8. The number of β-amino-alcohol motifs (C(OH)–C–C–N with tert-alkyl or cyclic N) is 1. The molecule has 1 N–H and O–H groups in total. The zero-order chi connectivity index (χ0) is 14.3. The Bertz CT molecular complexity index is 626. The molecule has 1 unspecified atom stereocenters. The Morgan fingerprint density at radius 1 is 1.25 bits per heavy atom. The van der Waals surface area contributed by atoms with Gasteiger partial charge in [0.05, 0.1) is 6.10 Å². The van der Waals surface area contributed by atoms with Crippen molar-refractivity contribution in [1.82, 2.24) is 19.8 Å². The molecule has 2 aromatic heterocycles. The van der Waals surface area contributed by atoms with Gasteiger partial charge in [-0.2, -0.15) is 17.7 Å². The molecule has 1 atom stereocenters. The van der Waals surface area contributed by atoms with Gasteiger partial charge in [0.2, 0.25) is 0 Å². The van der Waals surface area contributed by atoms with Crippen LogP contribution in [0.15, 0.2) is 12.1 Å². The quantitative estimate of drug-likeness (QED) is 0.851. The average molecular weight is 287 g/mol. The lowest BCUT2D eigenvalue weighted by Gasteiger charge is -2.30. The molecule has 1 saturated heterocycles. The van der Waals surface area contributed by atoms with Crippen LogP contribution in [0, 0.1) is 0 Å². The Balaban J connectivity index is 2.01. The summed E-state index contributed by atoms with van der Waals surface area (Å²) in [5.74, 6) is -0.770. The van der Waals surface area contributed by atoms with Crippen molar-refractivity contribution in [3.8, 4) is 0 Å². The number of alkyl halides is 3. The molecule has 3 rings (SSSR count). The summed E-state index contributed by atoms with van der Waals surface area (Å²) in [6.45, 7) is 1.01. The Hall–Kier alpha value is -1.90. The molecule has 0 spiro atoms. The van der Waals surface area contributed by atoms with Crippen molar-refractivity contribution in [2.24, 2.45) is 0 Å². The molecule has 1 aliphatic rings. The van der Waals surface area contributed by atoms with E-state index in [9.17, 15) is 18.3 Å². The lowest BCUT2D eigenvalue weighted by molar-refractivity contribution is -0.146. The Morgan fingerprint density at radius 2 is 2.05 bits per heavy atom. The number of hydrogen-bond donors (Lipinski definition) is 1. The van der Waals surface area contributed by atoms with Crippen molar-refractivity contribution in [2.75, 3.05) is 18.0 Å². The van der Waals surface area contributed by atoms with Crippen LogP contribution in [0.3, 0.4) is 0 Å². The fourth-order valence-corrected chi connectivity index (χ4v) is 2.29. The molecule has 6 nitrogen and oxygen atoms in total. The number of rotatable bonds is 1. The number of aliphatic hydroxyl groups is 1. The van der Waals surface area contributed by atoms with Gasteiger partial charge in [0.1, 0.15) is 5.82 Å². The number of nitrogens with zero attached hydrogens (tertiary/aromatic N) is 5. The third-order valence-corrected chi connectivity index (χ3v) is 3.22.